The molecule has 0 amide bonds. The maximum Gasteiger partial charge on any atom is 0.168 e. The van der Waals surface area contributed by atoms with Crippen molar-refractivity contribution in [3.05, 3.63) is 11.6 Å². The molecule has 162 valence electrons. The molecular formula is C23H44Cl3P. The Morgan fingerprint density at radius 1 is 0.630 bits per heavy atom. The van der Waals surface area contributed by atoms with E-state index in [9.17, 15) is 0 Å². The first-order chi connectivity index (χ1) is 13.0. The van der Waals surface area contributed by atoms with Crippen molar-refractivity contribution in [1.82, 2.24) is 0 Å². The first-order valence-electron chi connectivity index (χ1n) is 11.5. The van der Waals surface area contributed by atoms with Gasteiger partial charge in [0.1, 0.15) is 0 Å². The molecule has 0 nitrogen and oxygen atoms in total. The average Bonchev–Trinajstić information content (AvgIpc) is 2.63. The minimum absolute atomic E-state index is 0.353. The standard InChI is InChI=1S/C23H44Cl3P/c1-3-4-5-6-7-8-9-10-11-12-13-14-15-16-17-18-19-20-21-27-23(25,26)22(2)24/h27H,2-21H2,1H3. The van der Waals surface area contributed by atoms with Gasteiger partial charge in [0.25, 0.3) is 0 Å². The fourth-order valence-corrected chi connectivity index (χ4v) is 5.07. The monoisotopic (exact) mass is 456 g/mol. The van der Waals surface area contributed by atoms with Crippen molar-refractivity contribution >= 4 is 43.4 Å². The largest absolute Gasteiger partial charge is 0.168 e. The molecule has 1 unspecified atom stereocenters. The van der Waals surface area contributed by atoms with Gasteiger partial charge >= 0.3 is 0 Å². The van der Waals surface area contributed by atoms with E-state index >= 15 is 0 Å². The molecule has 0 bridgehead atoms. The zero-order chi connectivity index (χ0) is 20.2. The van der Waals surface area contributed by atoms with Crippen LogP contribution in [0.25, 0.3) is 0 Å². The molecule has 0 fully saturated rings. The topological polar surface area (TPSA) is 0 Å². The summed E-state index contributed by atoms with van der Waals surface area (Å²) in [5.74, 6) is 0. The molecule has 1 atom stereocenters. The van der Waals surface area contributed by atoms with Gasteiger partial charge in [-0.1, -0.05) is 166 Å². The molecule has 4 heteroatoms. The highest BCUT2D eigenvalue weighted by Gasteiger charge is 2.25. The van der Waals surface area contributed by atoms with Gasteiger partial charge in [-0.2, -0.15) is 0 Å². The molecule has 0 aromatic rings. The van der Waals surface area contributed by atoms with E-state index < -0.39 is 4.07 Å². The van der Waals surface area contributed by atoms with Gasteiger partial charge in [-0.15, -0.1) is 0 Å². The zero-order valence-corrected chi connectivity index (χ0v) is 21.0. The third kappa shape index (κ3) is 20.1. The Morgan fingerprint density at radius 2 is 0.926 bits per heavy atom. The second-order valence-electron chi connectivity index (χ2n) is 7.92. The van der Waals surface area contributed by atoms with Gasteiger partial charge in [0.2, 0.25) is 0 Å². The molecule has 0 aliphatic rings. The van der Waals surface area contributed by atoms with Gasteiger partial charge in [-0.05, 0) is 12.6 Å². The fourth-order valence-electron chi connectivity index (χ4n) is 3.37. The molecule has 0 spiro atoms. The number of halogens is 3. The lowest BCUT2D eigenvalue weighted by Crippen LogP contribution is -2.04. The van der Waals surface area contributed by atoms with Crippen molar-refractivity contribution < 1.29 is 0 Å². The van der Waals surface area contributed by atoms with Gasteiger partial charge in [0, 0.05) is 0 Å². The van der Waals surface area contributed by atoms with Crippen molar-refractivity contribution in [2.45, 2.75) is 127 Å². The van der Waals surface area contributed by atoms with Crippen LogP contribution in [0.4, 0.5) is 0 Å². The SMILES string of the molecule is C=C(Cl)C(Cl)(Cl)PCCCCCCCCCCCCCCCCCCCC. The van der Waals surface area contributed by atoms with Crippen molar-refractivity contribution in [2.24, 2.45) is 0 Å². The summed E-state index contributed by atoms with van der Waals surface area (Å²) in [7, 11) is 0.449. The summed E-state index contributed by atoms with van der Waals surface area (Å²) in [6.07, 6.45) is 26.3. The van der Waals surface area contributed by atoms with E-state index in [4.69, 9.17) is 34.8 Å². The molecule has 27 heavy (non-hydrogen) atoms. The van der Waals surface area contributed by atoms with Crippen LogP contribution in [0.3, 0.4) is 0 Å². The van der Waals surface area contributed by atoms with Crippen LogP contribution in [0, 0.1) is 0 Å². The minimum atomic E-state index is -0.920. The smallest absolute Gasteiger partial charge is 0.0905 e. The van der Waals surface area contributed by atoms with Crippen molar-refractivity contribution in [2.75, 3.05) is 6.16 Å². The number of unbranched alkanes of at least 4 members (excludes halogenated alkanes) is 17. The van der Waals surface area contributed by atoms with Crippen LogP contribution in [0.15, 0.2) is 11.6 Å². The molecule has 0 radical (unpaired) electrons. The van der Waals surface area contributed by atoms with E-state index in [1.165, 1.54) is 116 Å². The van der Waals surface area contributed by atoms with Crippen LogP contribution in [0.5, 0.6) is 0 Å². The lowest BCUT2D eigenvalue weighted by molar-refractivity contribution is 0.526. The highest BCUT2D eigenvalue weighted by atomic mass is 35.5. The van der Waals surface area contributed by atoms with E-state index in [2.05, 4.69) is 13.5 Å². The molecular weight excluding hydrogens is 414 g/mol. The lowest BCUT2D eigenvalue weighted by atomic mass is 10.0. The van der Waals surface area contributed by atoms with Gasteiger partial charge in [0.05, 0.1) is 5.03 Å². The summed E-state index contributed by atoms with van der Waals surface area (Å²) in [6.45, 7) is 5.92. The summed E-state index contributed by atoms with van der Waals surface area (Å²) in [5, 5.41) is 0.353. The van der Waals surface area contributed by atoms with E-state index in [-0.39, 0.29) is 0 Å². The van der Waals surface area contributed by atoms with Crippen LogP contribution in [0.2, 0.25) is 0 Å². The number of alkyl halides is 2. The summed E-state index contributed by atoms with van der Waals surface area (Å²) in [5.41, 5.74) is 0. The van der Waals surface area contributed by atoms with Crippen molar-refractivity contribution in [3.8, 4) is 0 Å². The first-order valence-corrected chi connectivity index (χ1v) is 13.8. The van der Waals surface area contributed by atoms with Crippen LogP contribution < -0.4 is 0 Å². The van der Waals surface area contributed by atoms with Crippen molar-refractivity contribution in [1.29, 1.82) is 0 Å². The van der Waals surface area contributed by atoms with Gasteiger partial charge in [-0.3, -0.25) is 0 Å². The zero-order valence-electron chi connectivity index (χ0n) is 17.8. The summed E-state index contributed by atoms with van der Waals surface area (Å²) >= 11 is 18.0. The molecule has 0 N–H and O–H groups in total. The molecule has 0 rings (SSSR count). The van der Waals surface area contributed by atoms with E-state index in [0.29, 0.717) is 13.6 Å². The maximum absolute atomic E-state index is 6.10. The summed E-state index contributed by atoms with van der Waals surface area (Å²) < 4.78 is -0.920. The van der Waals surface area contributed by atoms with Gasteiger partial charge in [-0.25, -0.2) is 0 Å². The Balaban J connectivity index is 3.12. The van der Waals surface area contributed by atoms with Crippen molar-refractivity contribution in [3.63, 3.8) is 0 Å². The fraction of sp³-hybridized carbons (Fsp3) is 0.913. The molecule has 0 aliphatic carbocycles. The highest BCUT2D eigenvalue weighted by molar-refractivity contribution is 7.46. The number of allylic oxidation sites excluding steroid dienone is 1. The summed E-state index contributed by atoms with van der Waals surface area (Å²) in [4.78, 5) is 0. The molecule has 0 aromatic carbocycles. The summed E-state index contributed by atoms with van der Waals surface area (Å²) in [6, 6.07) is 0. The predicted molar refractivity (Wildman–Crippen MR) is 131 cm³/mol. The van der Waals surface area contributed by atoms with E-state index in [0.717, 1.165) is 6.16 Å². The Bertz CT molecular complexity index is 332. The maximum atomic E-state index is 6.10. The minimum Gasteiger partial charge on any atom is -0.0905 e. The van der Waals surface area contributed by atoms with Crippen LogP contribution in [0.1, 0.15) is 122 Å². The van der Waals surface area contributed by atoms with Crippen LogP contribution in [-0.4, -0.2) is 10.2 Å². The van der Waals surface area contributed by atoms with Crippen LogP contribution >= 0.6 is 43.4 Å². The third-order valence-corrected chi connectivity index (χ3v) is 8.46. The Hall–Kier alpha value is 1.04. The van der Waals surface area contributed by atoms with E-state index in [1.807, 2.05) is 0 Å². The Labute approximate surface area is 187 Å². The number of hydrogen-bond acceptors (Lipinski definition) is 0. The predicted octanol–water partition coefficient (Wildman–Crippen LogP) is 10.6. The van der Waals surface area contributed by atoms with Gasteiger partial charge < -0.3 is 0 Å². The Morgan fingerprint density at radius 3 is 1.22 bits per heavy atom. The average molecular weight is 458 g/mol. The quantitative estimate of drug-likeness (QED) is 0.0912. The first kappa shape index (κ1) is 28.0. The second kappa shape index (κ2) is 20.3. The highest BCUT2D eigenvalue weighted by Crippen LogP contribution is 2.47. The molecule has 0 saturated carbocycles. The van der Waals surface area contributed by atoms with E-state index in [1.54, 1.807) is 0 Å². The second-order valence-corrected chi connectivity index (χ2v) is 11.9. The number of rotatable bonds is 21. The molecule has 0 aliphatic heterocycles. The third-order valence-electron chi connectivity index (χ3n) is 5.22. The van der Waals surface area contributed by atoms with Gasteiger partial charge in [0.15, 0.2) is 4.07 Å². The van der Waals surface area contributed by atoms with Crippen LogP contribution in [-0.2, 0) is 0 Å². The lowest BCUT2D eigenvalue weighted by Gasteiger charge is -2.17. The number of hydrogen-bond donors (Lipinski definition) is 0. The molecule has 0 aromatic heterocycles. The molecule has 0 heterocycles. The normalized spacial score (nSPS) is 12.3. The molecule has 0 saturated heterocycles. The Kier molecular flexibility index (Phi) is 21.1.